The summed E-state index contributed by atoms with van der Waals surface area (Å²) in [6.07, 6.45) is -0.802. The first-order valence-electron chi connectivity index (χ1n) is 15.8. The summed E-state index contributed by atoms with van der Waals surface area (Å²) in [7, 11) is 0.833. The summed E-state index contributed by atoms with van der Waals surface area (Å²) in [6, 6.07) is 24.0. The maximum Gasteiger partial charge on any atom is 0.508 e. The zero-order valence-electron chi connectivity index (χ0n) is 30.5. The minimum Gasteiger partial charge on any atom is -0.451 e. The summed E-state index contributed by atoms with van der Waals surface area (Å²) in [6.45, 7) is 20.2. The Bertz CT molecular complexity index is 855. The number of hydrogen-bond acceptors (Lipinski definition) is 11. The number of ether oxygens (including phenoxy) is 6. The van der Waals surface area contributed by atoms with Crippen molar-refractivity contribution in [2.75, 3.05) is 20.3 Å². The molecule has 6 atom stereocenters. The summed E-state index contributed by atoms with van der Waals surface area (Å²) in [5.74, 6) is 0. The molecule has 2 aromatic rings. The van der Waals surface area contributed by atoms with Crippen molar-refractivity contribution in [3.8, 4) is 0 Å². The zero-order valence-corrected chi connectivity index (χ0v) is 36.2. The van der Waals surface area contributed by atoms with Gasteiger partial charge in [0.05, 0.1) is 25.4 Å². The third kappa shape index (κ3) is 36.7. The number of carbonyl (C=O) groups excluding carboxylic acids is 2. The fourth-order valence-corrected chi connectivity index (χ4v) is 3.41. The van der Waals surface area contributed by atoms with Crippen molar-refractivity contribution in [2.24, 2.45) is 0 Å². The van der Waals surface area contributed by atoms with Crippen molar-refractivity contribution in [1.29, 1.82) is 0 Å². The molecule has 49 heavy (non-hydrogen) atoms. The van der Waals surface area contributed by atoms with Crippen LogP contribution in [0.15, 0.2) is 72.8 Å². The first-order valence-corrected chi connectivity index (χ1v) is 15.8. The molecule has 0 bridgehead atoms. The molecule has 2 fully saturated rings. The Balaban J connectivity index is -0.000000261. The van der Waals surface area contributed by atoms with E-state index < -0.39 is 19.4 Å². The molecule has 11 nitrogen and oxygen atoms in total. The predicted molar refractivity (Wildman–Crippen MR) is 186 cm³/mol. The largest absolute Gasteiger partial charge is 0.508 e. The summed E-state index contributed by atoms with van der Waals surface area (Å²) in [4.78, 5) is 21.8. The second-order valence-electron chi connectivity index (χ2n) is 10.4. The second kappa shape index (κ2) is 36.9. The molecule has 15 heteroatoms. The van der Waals surface area contributed by atoms with Gasteiger partial charge in [0.25, 0.3) is 6.92 Å². The van der Waals surface area contributed by atoms with Crippen LogP contribution < -0.4 is 0 Å². The molecule has 2 aromatic carbocycles. The van der Waals surface area contributed by atoms with E-state index in [1.807, 2.05) is 86.6 Å². The molecule has 0 aromatic heterocycles. The fourth-order valence-electron chi connectivity index (χ4n) is 3.41. The van der Waals surface area contributed by atoms with Crippen LogP contribution in [0.3, 0.4) is 0 Å². The normalized spacial score (nSPS) is 20.8. The van der Waals surface area contributed by atoms with Crippen LogP contribution in [0.2, 0.25) is 20.5 Å². The van der Waals surface area contributed by atoms with E-state index in [0.29, 0.717) is 26.1 Å². The first kappa shape index (κ1) is 54.9. The van der Waals surface area contributed by atoms with Gasteiger partial charge in [-0.2, -0.15) is 0 Å². The molecule has 2 N–H and O–H groups in total. The molecule has 2 aliphatic heterocycles. The monoisotopic (exact) mass is 840 g/mol. The van der Waals surface area contributed by atoms with E-state index >= 15 is 0 Å². The van der Waals surface area contributed by atoms with E-state index in [-0.39, 0.29) is 109 Å². The van der Waals surface area contributed by atoms with E-state index in [2.05, 4.69) is 28.0 Å². The van der Waals surface area contributed by atoms with Gasteiger partial charge in [0, 0.05) is 85.4 Å². The van der Waals surface area contributed by atoms with Gasteiger partial charge < -0.3 is 57.0 Å². The van der Waals surface area contributed by atoms with Crippen LogP contribution in [-0.4, -0.2) is 93.3 Å². The second-order valence-corrected chi connectivity index (χ2v) is 10.4. The molecular weight excluding hydrogens is 784 g/mol. The van der Waals surface area contributed by atoms with Gasteiger partial charge in [0.1, 0.15) is 12.2 Å². The molecule has 0 spiro atoms. The SMILES string of the molecule is CB(C)O.COB(C)O.[CH2-][C@H]1O[C@@H](C)C[C@H]1OC(=O)OCC.[CH2-][C@H]1O[C@@H](C)C[C@H]1OC(=O)OCC.[Y].[Y].c1ccccc1.c1ccccc1. The van der Waals surface area contributed by atoms with E-state index in [9.17, 15) is 9.59 Å². The molecule has 2 aliphatic rings. The van der Waals surface area contributed by atoms with Crippen LogP contribution in [-0.2, 0) is 98.5 Å². The van der Waals surface area contributed by atoms with Gasteiger partial charge in [0.15, 0.2) is 0 Å². The van der Waals surface area contributed by atoms with Crippen molar-refractivity contribution in [2.45, 2.75) is 97.6 Å². The number of hydrogen-bond donors (Lipinski definition) is 2. The Morgan fingerprint density at radius 2 is 0.898 bits per heavy atom. The van der Waals surface area contributed by atoms with Gasteiger partial charge in [-0.3, -0.25) is 0 Å². The van der Waals surface area contributed by atoms with Crippen molar-refractivity contribution >= 4 is 26.3 Å². The van der Waals surface area contributed by atoms with Crippen molar-refractivity contribution in [3.05, 3.63) is 86.6 Å². The Kier molecular flexibility index (Phi) is 41.3. The maximum absolute atomic E-state index is 10.9. The first-order chi connectivity index (χ1) is 22.3. The zero-order chi connectivity index (χ0) is 36.0. The average molecular weight is 840 g/mol. The molecule has 2 saturated heterocycles. The van der Waals surface area contributed by atoms with Crippen molar-refractivity contribution < 1.29 is 118 Å². The Hall–Kier alpha value is -0.882. The van der Waals surface area contributed by atoms with E-state index in [0.717, 1.165) is 0 Å². The molecule has 2 radical (unpaired) electrons. The van der Waals surface area contributed by atoms with Crippen LogP contribution in [0.1, 0.15) is 40.5 Å². The Labute approximate surface area is 346 Å². The van der Waals surface area contributed by atoms with Gasteiger partial charge in [-0.1, -0.05) is 86.4 Å². The molecule has 2 heterocycles. The fraction of sp³-hybridized carbons (Fsp3) is 0.529. The molecule has 0 aliphatic carbocycles. The minimum absolute atomic E-state index is 0. The van der Waals surface area contributed by atoms with Crippen LogP contribution in [0, 0.1) is 13.8 Å². The molecule has 4 rings (SSSR count). The number of rotatable bonds is 5. The summed E-state index contributed by atoms with van der Waals surface area (Å²) in [5, 5.41) is 16.2. The van der Waals surface area contributed by atoms with Gasteiger partial charge in [-0.05, 0) is 46.7 Å². The third-order valence-corrected chi connectivity index (χ3v) is 5.47. The molecule has 0 amide bonds. The van der Waals surface area contributed by atoms with E-state index in [1.54, 1.807) is 34.3 Å². The van der Waals surface area contributed by atoms with Crippen LogP contribution in [0.25, 0.3) is 0 Å². The predicted octanol–water partition coefficient (Wildman–Crippen LogP) is 6.42. The molecular formula is C34H56B2O11Y2-2. The number of benzene rings is 2. The average Bonchev–Trinajstić information content (AvgIpc) is 3.52. The Morgan fingerprint density at radius 1 is 0.673 bits per heavy atom. The van der Waals surface area contributed by atoms with Gasteiger partial charge in [0.2, 0.25) is 0 Å². The standard InChI is InChI=1S/2C9H15O4.2C6H6.C2H7BO2.C2H7BO.2Y/c2*1-4-11-9(10)13-8-5-6(2)12-7(8)3;2*1-2-4-6-5-3-1;1-3(4)5-2;1-3(2)4;;/h2*6-8H,3-5H2,1-2H3;2*1-6H;4H,1-2H3;4H,1-2H3;;/q2*-1;;;;;;/t2*6-,7+,8+;;;;;;/m00....../s1. The van der Waals surface area contributed by atoms with Crippen LogP contribution >= 0.6 is 0 Å². The third-order valence-electron chi connectivity index (χ3n) is 5.47. The summed E-state index contributed by atoms with van der Waals surface area (Å²) >= 11 is 0. The quantitative estimate of drug-likeness (QED) is 0.196. The van der Waals surface area contributed by atoms with Gasteiger partial charge >= 0.3 is 19.4 Å². The summed E-state index contributed by atoms with van der Waals surface area (Å²) in [5.41, 5.74) is 0. The molecule has 0 saturated carbocycles. The molecule has 272 valence electrons. The van der Waals surface area contributed by atoms with E-state index in [4.69, 9.17) is 29.0 Å². The van der Waals surface area contributed by atoms with Crippen molar-refractivity contribution in [3.63, 3.8) is 0 Å². The van der Waals surface area contributed by atoms with Crippen LogP contribution in [0.4, 0.5) is 9.59 Å². The topological polar surface area (TPSA) is 139 Å². The molecule has 0 unspecified atom stereocenters. The van der Waals surface area contributed by atoms with Gasteiger partial charge in [-0.15, -0.1) is 0 Å². The maximum atomic E-state index is 10.9. The van der Waals surface area contributed by atoms with Gasteiger partial charge in [-0.25, -0.2) is 9.59 Å². The summed E-state index contributed by atoms with van der Waals surface area (Å²) < 4.78 is 34.2. The minimum atomic E-state index is -0.640. The van der Waals surface area contributed by atoms with E-state index in [1.165, 1.54) is 7.11 Å². The number of carbonyl (C=O) groups is 2. The van der Waals surface area contributed by atoms with Crippen LogP contribution in [0.5, 0.6) is 0 Å². The Morgan fingerprint density at radius 3 is 1.04 bits per heavy atom. The van der Waals surface area contributed by atoms with Crippen molar-refractivity contribution in [1.82, 2.24) is 0 Å². The smallest absolute Gasteiger partial charge is 0.451 e.